The number of amides is 4. The van der Waals surface area contributed by atoms with Crippen molar-refractivity contribution in [2.45, 2.75) is 95.9 Å². The van der Waals surface area contributed by atoms with E-state index in [0.29, 0.717) is 6.54 Å². The first-order chi connectivity index (χ1) is 12.6. The second-order valence-electron chi connectivity index (χ2n) is 7.75. The SMILES string of the molecule is CCCCCCCCCNC(=O)CCN1C(=O)NC2(CCCCC2)C1=O. The van der Waals surface area contributed by atoms with Crippen LogP contribution in [0.5, 0.6) is 0 Å². The Kier molecular flexibility index (Phi) is 8.39. The van der Waals surface area contributed by atoms with Gasteiger partial charge in [0, 0.05) is 19.5 Å². The molecule has 0 aromatic carbocycles. The summed E-state index contributed by atoms with van der Waals surface area (Å²) in [4.78, 5) is 38.0. The fraction of sp³-hybridized carbons (Fsp3) is 0.850. The Labute approximate surface area is 157 Å². The molecule has 1 aliphatic heterocycles. The normalized spacial score (nSPS) is 19.0. The van der Waals surface area contributed by atoms with Crippen LogP contribution < -0.4 is 10.6 Å². The van der Waals surface area contributed by atoms with Crippen molar-refractivity contribution in [1.29, 1.82) is 0 Å². The van der Waals surface area contributed by atoms with Crippen molar-refractivity contribution in [3.05, 3.63) is 0 Å². The van der Waals surface area contributed by atoms with Crippen LogP contribution in [-0.2, 0) is 9.59 Å². The lowest BCUT2D eigenvalue weighted by Crippen LogP contribution is -2.48. The highest BCUT2D eigenvalue weighted by Crippen LogP contribution is 2.33. The van der Waals surface area contributed by atoms with E-state index in [1.54, 1.807) is 0 Å². The van der Waals surface area contributed by atoms with Gasteiger partial charge in [0.2, 0.25) is 5.91 Å². The molecule has 0 unspecified atom stereocenters. The minimum Gasteiger partial charge on any atom is -0.356 e. The predicted molar refractivity (Wildman–Crippen MR) is 102 cm³/mol. The van der Waals surface area contributed by atoms with Gasteiger partial charge in [-0.05, 0) is 19.3 Å². The van der Waals surface area contributed by atoms with Gasteiger partial charge in [-0.3, -0.25) is 14.5 Å². The van der Waals surface area contributed by atoms with Crippen LogP contribution >= 0.6 is 0 Å². The van der Waals surface area contributed by atoms with Gasteiger partial charge in [-0.15, -0.1) is 0 Å². The highest BCUT2D eigenvalue weighted by molar-refractivity contribution is 6.07. The third-order valence-electron chi connectivity index (χ3n) is 5.62. The number of imide groups is 1. The molecular weight excluding hydrogens is 330 g/mol. The van der Waals surface area contributed by atoms with Crippen molar-refractivity contribution in [3.8, 4) is 0 Å². The lowest BCUT2D eigenvalue weighted by Gasteiger charge is -2.30. The molecule has 2 fully saturated rings. The van der Waals surface area contributed by atoms with Gasteiger partial charge in [0.05, 0.1) is 0 Å². The number of rotatable bonds is 11. The van der Waals surface area contributed by atoms with Gasteiger partial charge < -0.3 is 10.6 Å². The molecule has 6 nitrogen and oxygen atoms in total. The Bertz CT molecular complexity index is 487. The maximum atomic E-state index is 12.6. The molecule has 1 saturated carbocycles. The molecule has 1 aliphatic carbocycles. The van der Waals surface area contributed by atoms with Gasteiger partial charge in [-0.1, -0.05) is 64.7 Å². The summed E-state index contributed by atoms with van der Waals surface area (Å²) in [6.07, 6.45) is 13.2. The first kappa shape index (κ1) is 20.7. The third-order valence-corrected chi connectivity index (χ3v) is 5.62. The molecule has 2 aliphatic rings. The van der Waals surface area contributed by atoms with Crippen LogP contribution in [0.25, 0.3) is 0 Å². The highest BCUT2D eigenvalue weighted by atomic mass is 16.2. The summed E-state index contributed by atoms with van der Waals surface area (Å²) in [5.74, 6) is -0.219. The monoisotopic (exact) mass is 365 g/mol. The molecule has 4 amide bonds. The fourth-order valence-electron chi connectivity index (χ4n) is 3.99. The standard InChI is InChI=1S/C20H35N3O3/c1-2-3-4-5-6-7-11-15-21-17(24)12-16-23-18(25)20(22-19(23)26)13-9-8-10-14-20/h2-16H2,1H3,(H,21,24)(H,22,26). The van der Waals surface area contributed by atoms with Crippen molar-refractivity contribution in [2.24, 2.45) is 0 Å². The van der Waals surface area contributed by atoms with Gasteiger partial charge in [-0.2, -0.15) is 0 Å². The second kappa shape index (κ2) is 10.5. The van der Waals surface area contributed by atoms with E-state index in [0.717, 1.165) is 44.9 Å². The van der Waals surface area contributed by atoms with Gasteiger partial charge >= 0.3 is 6.03 Å². The predicted octanol–water partition coefficient (Wildman–Crippen LogP) is 3.50. The summed E-state index contributed by atoms with van der Waals surface area (Å²) in [6.45, 7) is 3.07. The molecule has 0 bridgehead atoms. The van der Waals surface area contributed by atoms with E-state index >= 15 is 0 Å². The quantitative estimate of drug-likeness (QED) is 0.434. The molecule has 0 aromatic rings. The summed E-state index contributed by atoms with van der Waals surface area (Å²) in [6, 6.07) is -0.336. The molecule has 1 spiro atoms. The lowest BCUT2D eigenvalue weighted by molar-refractivity contribution is -0.132. The Morgan fingerprint density at radius 1 is 1.04 bits per heavy atom. The van der Waals surface area contributed by atoms with Crippen molar-refractivity contribution in [2.75, 3.05) is 13.1 Å². The molecule has 0 aromatic heterocycles. The first-order valence-electron chi connectivity index (χ1n) is 10.5. The molecule has 148 valence electrons. The van der Waals surface area contributed by atoms with Crippen LogP contribution in [-0.4, -0.2) is 41.4 Å². The highest BCUT2D eigenvalue weighted by Gasteiger charge is 2.50. The van der Waals surface area contributed by atoms with Crippen molar-refractivity contribution in [1.82, 2.24) is 15.5 Å². The zero-order valence-corrected chi connectivity index (χ0v) is 16.3. The van der Waals surface area contributed by atoms with Crippen LogP contribution in [0.15, 0.2) is 0 Å². The summed E-state index contributed by atoms with van der Waals surface area (Å²) >= 11 is 0. The molecule has 2 N–H and O–H groups in total. The number of hydrogen-bond donors (Lipinski definition) is 2. The Morgan fingerprint density at radius 2 is 1.69 bits per heavy atom. The number of nitrogens with one attached hydrogen (secondary N) is 2. The molecule has 26 heavy (non-hydrogen) atoms. The molecule has 0 radical (unpaired) electrons. The van der Waals surface area contributed by atoms with Crippen LogP contribution in [0.1, 0.15) is 90.4 Å². The lowest BCUT2D eigenvalue weighted by atomic mass is 9.82. The first-order valence-corrected chi connectivity index (χ1v) is 10.5. The molecule has 1 saturated heterocycles. The smallest absolute Gasteiger partial charge is 0.325 e. The molecule has 1 heterocycles. The number of hydrogen-bond acceptors (Lipinski definition) is 3. The van der Waals surface area contributed by atoms with E-state index < -0.39 is 5.54 Å². The number of unbranched alkanes of at least 4 members (excludes halogenated alkanes) is 6. The van der Waals surface area contributed by atoms with Crippen molar-refractivity contribution < 1.29 is 14.4 Å². The maximum Gasteiger partial charge on any atom is 0.325 e. The van der Waals surface area contributed by atoms with Crippen molar-refractivity contribution in [3.63, 3.8) is 0 Å². The minimum absolute atomic E-state index is 0.0822. The average Bonchev–Trinajstić information content (AvgIpc) is 2.86. The third kappa shape index (κ3) is 5.71. The number of carbonyl (C=O) groups is 3. The van der Waals surface area contributed by atoms with Crippen LogP contribution in [0, 0.1) is 0 Å². The van der Waals surface area contributed by atoms with E-state index in [1.165, 1.54) is 37.0 Å². The maximum absolute atomic E-state index is 12.6. The zero-order chi connectivity index (χ0) is 18.8. The largest absolute Gasteiger partial charge is 0.356 e. The minimum atomic E-state index is -0.691. The van der Waals surface area contributed by atoms with Crippen LogP contribution in [0.4, 0.5) is 4.79 Å². The van der Waals surface area contributed by atoms with E-state index in [2.05, 4.69) is 17.6 Å². The van der Waals surface area contributed by atoms with Crippen molar-refractivity contribution >= 4 is 17.8 Å². The van der Waals surface area contributed by atoms with Crippen LogP contribution in [0.3, 0.4) is 0 Å². The second-order valence-corrected chi connectivity index (χ2v) is 7.75. The zero-order valence-electron chi connectivity index (χ0n) is 16.3. The molecule has 6 heteroatoms. The Morgan fingerprint density at radius 3 is 2.38 bits per heavy atom. The number of nitrogens with zero attached hydrogens (tertiary/aromatic N) is 1. The molecule has 0 atom stereocenters. The number of urea groups is 1. The van der Waals surface area contributed by atoms with E-state index in [4.69, 9.17) is 0 Å². The average molecular weight is 366 g/mol. The summed E-state index contributed by atoms with van der Waals surface area (Å²) in [5.41, 5.74) is -0.691. The van der Waals surface area contributed by atoms with Gasteiger partial charge in [0.15, 0.2) is 0 Å². The topological polar surface area (TPSA) is 78.5 Å². The van der Waals surface area contributed by atoms with E-state index in [9.17, 15) is 14.4 Å². The van der Waals surface area contributed by atoms with Gasteiger partial charge in [-0.25, -0.2) is 4.79 Å². The summed E-state index contributed by atoms with van der Waals surface area (Å²) in [7, 11) is 0. The van der Waals surface area contributed by atoms with Gasteiger partial charge in [0.1, 0.15) is 5.54 Å². The Hall–Kier alpha value is -1.59. The van der Waals surface area contributed by atoms with E-state index in [1.807, 2.05) is 0 Å². The molecular formula is C20H35N3O3. The fourth-order valence-corrected chi connectivity index (χ4v) is 3.99. The van der Waals surface area contributed by atoms with E-state index in [-0.39, 0.29) is 30.8 Å². The molecule has 2 rings (SSSR count). The Balaban J connectivity index is 1.60. The summed E-state index contributed by atoms with van der Waals surface area (Å²) < 4.78 is 0. The summed E-state index contributed by atoms with van der Waals surface area (Å²) in [5, 5.41) is 5.78. The number of carbonyl (C=O) groups excluding carboxylic acids is 3. The van der Waals surface area contributed by atoms with Gasteiger partial charge in [0.25, 0.3) is 5.91 Å². The van der Waals surface area contributed by atoms with Crippen LogP contribution in [0.2, 0.25) is 0 Å².